The summed E-state index contributed by atoms with van der Waals surface area (Å²) in [5.74, 6) is 0. The van der Waals surface area contributed by atoms with Crippen LogP contribution in [0.1, 0.15) is 24.8 Å². The summed E-state index contributed by atoms with van der Waals surface area (Å²) in [6.07, 6.45) is 5.45. The molecule has 0 saturated carbocycles. The second-order valence-corrected chi connectivity index (χ2v) is 6.82. The molecule has 0 atom stereocenters. The molecule has 1 fully saturated rings. The summed E-state index contributed by atoms with van der Waals surface area (Å²) in [5.41, 5.74) is 1.55. The normalized spacial score (nSPS) is 14.5. The van der Waals surface area contributed by atoms with Gasteiger partial charge in [-0.2, -0.15) is 5.26 Å². The summed E-state index contributed by atoms with van der Waals surface area (Å²) in [7, 11) is 0. The zero-order valence-electron chi connectivity index (χ0n) is 13.3. The van der Waals surface area contributed by atoms with Gasteiger partial charge in [-0.15, -0.1) is 0 Å². The van der Waals surface area contributed by atoms with Gasteiger partial charge in [0.05, 0.1) is 10.7 Å². The van der Waals surface area contributed by atoms with E-state index in [4.69, 9.17) is 11.6 Å². The molecule has 0 unspecified atom stereocenters. The third kappa shape index (κ3) is 3.28. The molecule has 7 heteroatoms. The van der Waals surface area contributed by atoms with E-state index < -0.39 is 5.56 Å². The Morgan fingerprint density at radius 2 is 2.08 bits per heavy atom. The highest BCUT2D eigenvalue weighted by Crippen LogP contribution is 2.33. The van der Waals surface area contributed by atoms with Gasteiger partial charge in [-0.05, 0) is 43.7 Å². The van der Waals surface area contributed by atoms with E-state index >= 15 is 0 Å². The van der Waals surface area contributed by atoms with Gasteiger partial charge in [-0.25, -0.2) is 4.98 Å². The third-order valence-electron chi connectivity index (χ3n) is 4.13. The molecule has 1 aliphatic heterocycles. The van der Waals surface area contributed by atoms with E-state index in [9.17, 15) is 10.1 Å². The van der Waals surface area contributed by atoms with Crippen LogP contribution in [0.4, 0.5) is 5.69 Å². The predicted molar refractivity (Wildman–Crippen MR) is 97.9 cm³/mol. The summed E-state index contributed by atoms with van der Waals surface area (Å²) in [6, 6.07) is 7.66. The number of nitriles is 1. The molecule has 2 heterocycles. The van der Waals surface area contributed by atoms with Crippen LogP contribution in [0, 0.1) is 11.3 Å². The number of thioether (sulfide) groups is 1. The lowest BCUT2D eigenvalue weighted by atomic mass is 10.1. The SMILES string of the molecule is CSc1nc(-c2ccc(N3CCCCC3)cc2Cl)c(C#N)c(=O)[nH]1. The van der Waals surface area contributed by atoms with E-state index in [1.807, 2.05) is 30.5 Å². The van der Waals surface area contributed by atoms with Crippen LogP contribution in [0.25, 0.3) is 11.3 Å². The van der Waals surface area contributed by atoms with E-state index in [0.29, 0.717) is 21.4 Å². The monoisotopic (exact) mass is 360 g/mol. The minimum atomic E-state index is -0.442. The first-order chi connectivity index (χ1) is 11.6. The van der Waals surface area contributed by atoms with Gasteiger partial charge in [0.25, 0.3) is 5.56 Å². The molecule has 0 aliphatic carbocycles. The number of rotatable bonds is 3. The standard InChI is InChI=1S/C17H17ClN4OS/c1-24-17-20-15(13(10-19)16(23)21-17)12-6-5-11(9-14(12)18)22-7-3-2-4-8-22/h5-6,9H,2-4,7-8H2,1H3,(H,20,21,23). The largest absolute Gasteiger partial charge is 0.371 e. The average molecular weight is 361 g/mol. The van der Waals surface area contributed by atoms with Crippen LogP contribution >= 0.6 is 23.4 Å². The van der Waals surface area contributed by atoms with Gasteiger partial charge in [-0.1, -0.05) is 23.4 Å². The Hall–Kier alpha value is -1.97. The molecule has 0 bridgehead atoms. The second kappa shape index (κ2) is 7.29. The minimum absolute atomic E-state index is 0.0135. The Balaban J connectivity index is 2.06. The Bertz CT molecular complexity index is 853. The van der Waals surface area contributed by atoms with Gasteiger partial charge in [0.2, 0.25) is 0 Å². The number of benzene rings is 1. The zero-order chi connectivity index (χ0) is 17.1. The van der Waals surface area contributed by atoms with Crippen molar-refractivity contribution in [2.75, 3.05) is 24.2 Å². The van der Waals surface area contributed by atoms with Crippen LogP contribution < -0.4 is 10.5 Å². The van der Waals surface area contributed by atoms with Crippen molar-refractivity contribution in [1.82, 2.24) is 9.97 Å². The van der Waals surface area contributed by atoms with Gasteiger partial charge < -0.3 is 9.88 Å². The first-order valence-corrected chi connectivity index (χ1v) is 9.37. The molecule has 1 N–H and O–H groups in total. The number of aromatic nitrogens is 2. The van der Waals surface area contributed by atoms with Crippen molar-refractivity contribution in [2.24, 2.45) is 0 Å². The quantitative estimate of drug-likeness (QED) is 0.667. The Kier molecular flexibility index (Phi) is 5.12. The number of nitrogens with one attached hydrogen (secondary N) is 1. The number of hydrogen-bond donors (Lipinski definition) is 1. The van der Waals surface area contributed by atoms with Crippen molar-refractivity contribution in [3.05, 3.63) is 39.1 Å². The van der Waals surface area contributed by atoms with Gasteiger partial charge in [0, 0.05) is 24.3 Å². The van der Waals surface area contributed by atoms with E-state index in [0.717, 1.165) is 18.8 Å². The van der Waals surface area contributed by atoms with Gasteiger partial charge in [-0.3, -0.25) is 4.79 Å². The summed E-state index contributed by atoms with van der Waals surface area (Å²) < 4.78 is 0. The highest BCUT2D eigenvalue weighted by molar-refractivity contribution is 7.98. The first-order valence-electron chi connectivity index (χ1n) is 7.77. The molecule has 3 rings (SSSR count). The summed E-state index contributed by atoms with van der Waals surface area (Å²) in [5, 5.41) is 10.3. The van der Waals surface area contributed by atoms with Crippen molar-refractivity contribution in [3.8, 4) is 17.3 Å². The highest BCUT2D eigenvalue weighted by atomic mass is 35.5. The van der Waals surface area contributed by atoms with Crippen LogP contribution in [-0.2, 0) is 0 Å². The molecule has 124 valence electrons. The molecule has 0 spiro atoms. The van der Waals surface area contributed by atoms with Crippen molar-refractivity contribution >= 4 is 29.1 Å². The molecule has 0 radical (unpaired) electrons. The molecule has 1 aliphatic rings. The maximum atomic E-state index is 12.1. The van der Waals surface area contributed by atoms with Gasteiger partial charge >= 0.3 is 0 Å². The molecular weight excluding hydrogens is 344 g/mol. The first kappa shape index (κ1) is 16.9. The van der Waals surface area contributed by atoms with Crippen LogP contribution in [0.2, 0.25) is 5.02 Å². The van der Waals surface area contributed by atoms with Crippen LogP contribution in [-0.4, -0.2) is 29.3 Å². The van der Waals surface area contributed by atoms with E-state index in [1.54, 1.807) is 0 Å². The molecule has 0 amide bonds. The summed E-state index contributed by atoms with van der Waals surface area (Å²) in [4.78, 5) is 21.4. The Labute approximate surface area is 149 Å². The number of hydrogen-bond acceptors (Lipinski definition) is 5. The van der Waals surface area contributed by atoms with Crippen LogP contribution in [0.15, 0.2) is 28.2 Å². The van der Waals surface area contributed by atoms with Crippen molar-refractivity contribution in [2.45, 2.75) is 24.4 Å². The topological polar surface area (TPSA) is 72.8 Å². The maximum absolute atomic E-state index is 12.1. The molecule has 2 aromatic rings. The van der Waals surface area contributed by atoms with Crippen molar-refractivity contribution in [1.29, 1.82) is 5.26 Å². The lowest BCUT2D eigenvalue weighted by Crippen LogP contribution is -2.29. The smallest absolute Gasteiger partial charge is 0.270 e. The Morgan fingerprint density at radius 3 is 2.71 bits per heavy atom. The molecule has 1 aromatic carbocycles. The highest BCUT2D eigenvalue weighted by Gasteiger charge is 2.18. The predicted octanol–water partition coefficient (Wildman–Crippen LogP) is 3.67. The number of aromatic amines is 1. The molecule has 1 saturated heterocycles. The van der Waals surface area contributed by atoms with Crippen LogP contribution in [0.3, 0.4) is 0 Å². The lowest BCUT2D eigenvalue weighted by molar-refractivity contribution is 0.578. The fourth-order valence-electron chi connectivity index (χ4n) is 2.89. The molecule has 24 heavy (non-hydrogen) atoms. The number of anilines is 1. The van der Waals surface area contributed by atoms with E-state index in [2.05, 4.69) is 14.9 Å². The maximum Gasteiger partial charge on any atom is 0.270 e. The van der Waals surface area contributed by atoms with Gasteiger partial charge in [0.15, 0.2) is 5.16 Å². The molecule has 5 nitrogen and oxygen atoms in total. The summed E-state index contributed by atoms with van der Waals surface area (Å²) in [6.45, 7) is 2.05. The number of H-pyrrole nitrogens is 1. The third-order valence-corrected chi connectivity index (χ3v) is 5.02. The number of piperidine rings is 1. The fraction of sp³-hybridized carbons (Fsp3) is 0.353. The molecular formula is C17H17ClN4OS. The fourth-order valence-corrected chi connectivity index (χ4v) is 3.53. The summed E-state index contributed by atoms with van der Waals surface area (Å²) >= 11 is 7.78. The van der Waals surface area contributed by atoms with Crippen molar-refractivity contribution < 1.29 is 0 Å². The van der Waals surface area contributed by atoms with Gasteiger partial charge in [0.1, 0.15) is 11.6 Å². The average Bonchev–Trinajstić information content (AvgIpc) is 2.61. The van der Waals surface area contributed by atoms with Crippen LogP contribution in [0.5, 0.6) is 0 Å². The van der Waals surface area contributed by atoms with E-state index in [-0.39, 0.29) is 5.56 Å². The lowest BCUT2D eigenvalue weighted by Gasteiger charge is -2.29. The van der Waals surface area contributed by atoms with E-state index in [1.165, 1.54) is 31.0 Å². The Morgan fingerprint density at radius 1 is 1.33 bits per heavy atom. The second-order valence-electron chi connectivity index (χ2n) is 5.62. The minimum Gasteiger partial charge on any atom is -0.371 e. The van der Waals surface area contributed by atoms with Crippen molar-refractivity contribution in [3.63, 3.8) is 0 Å². The number of nitrogens with zero attached hydrogens (tertiary/aromatic N) is 3. The zero-order valence-corrected chi connectivity index (χ0v) is 14.9. The molecule has 1 aromatic heterocycles. The number of halogens is 1.